The summed E-state index contributed by atoms with van der Waals surface area (Å²) in [5.74, 6) is 0.661. The zero-order valence-electron chi connectivity index (χ0n) is 14.8. The second-order valence-electron chi connectivity index (χ2n) is 5.60. The number of carbonyl (C=O) groups is 1. The number of aryl methyl sites for hydroxylation is 1. The second kappa shape index (κ2) is 7.22. The number of ether oxygens (including phenoxy) is 1. The molecule has 0 unspecified atom stereocenters. The SMILES string of the molecule is CCN(C(=O)n1nnn(-c2ccccc2)c1=O)c1ccc(C)c(OC)c1. The van der Waals surface area contributed by atoms with E-state index in [2.05, 4.69) is 10.4 Å². The maximum Gasteiger partial charge on any atom is 0.377 e. The Morgan fingerprint density at radius 3 is 2.54 bits per heavy atom. The van der Waals surface area contributed by atoms with Crippen molar-refractivity contribution in [3.8, 4) is 11.4 Å². The Kier molecular flexibility index (Phi) is 4.83. The Morgan fingerprint density at radius 1 is 1.15 bits per heavy atom. The van der Waals surface area contributed by atoms with Crippen molar-refractivity contribution in [2.24, 2.45) is 0 Å². The second-order valence-corrected chi connectivity index (χ2v) is 5.60. The van der Waals surface area contributed by atoms with E-state index in [0.717, 1.165) is 14.9 Å². The predicted octanol–water partition coefficient (Wildman–Crippen LogP) is 2.24. The maximum absolute atomic E-state index is 12.9. The van der Waals surface area contributed by atoms with Crippen molar-refractivity contribution >= 4 is 11.7 Å². The fourth-order valence-electron chi connectivity index (χ4n) is 2.62. The van der Waals surface area contributed by atoms with Gasteiger partial charge in [-0.05, 0) is 48.0 Å². The van der Waals surface area contributed by atoms with Crippen LogP contribution in [-0.2, 0) is 0 Å². The van der Waals surface area contributed by atoms with Crippen molar-refractivity contribution < 1.29 is 9.53 Å². The summed E-state index contributed by atoms with van der Waals surface area (Å²) in [6, 6.07) is 13.6. The van der Waals surface area contributed by atoms with Crippen LogP contribution < -0.4 is 15.3 Å². The maximum atomic E-state index is 12.9. The van der Waals surface area contributed by atoms with E-state index in [-0.39, 0.29) is 0 Å². The average Bonchev–Trinajstić information content (AvgIpc) is 3.05. The standard InChI is InChI=1S/C18H19N5O3/c1-4-21(15-11-10-13(2)16(12-15)26-3)17(24)23-18(25)22(19-20-23)14-8-6-5-7-9-14/h5-12H,4H2,1-3H3. The van der Waals surface area contributed by atoms with Gasteiger partial charge < -0.3 is 4.74 Å². The summed E-state index contributed by atoms with van der Waals surface area (Å²) in [5, 5.41) is 7.55. The molecule has 0 N–H and O–H groups in total. The molecule has 134 valence electrons. The van der Waals surface area contributed by atoms with E-state index in [1.807, 2.05) is 26.0 Å². The lowest BCUT2D eigenvalue weighted by Crippen LogP contribution is -2.41. The largest absolute Gasteiger partial charge is 0.496 e. The molecule has 26 heavy (non-hydrogen) atoms. The van der Waals surface area contributed by atoms with E-state index >= 15 is 0 Å². The van der Waals surface area contributed by atoms with Gasteiger partial charge in [-0.25, -0.2) is 9.59 Å². The first-order valence-electron chi connectivity index (χ1n) is 8.13. The number of nitrogens with zero attached hydrogens (tertiary/aromatic N) is 5. The van der Waals surface area contributed by atoms with Crippen LogP contribution in [0.4, 0.5) is 10.5 Å². The van der Waals surface area contributed by atoms with Crippen LogP contribution in [0.25, 0.3) is 5.69 Å². The van der Waals surface area contributed by atoms with Gasteiger partial charge >= 0.3 is 11.7 Å². The van der Waals surface area contributed by atoms with Gasteiger partial charge in [-0.1, -0.05) is 24.3 Å². The molecule has 0 atom stereocenters. The normalized spacial score (nSPS) is 10.6. The summed E-state index contributed by atoms with van der Waals surface area (Å²) in [7, 11) is 1.57. The summed E-state index contributed by atoms with van der Waals surface area (Å²) in [6.07, 6.45) is 0. The number of benzene rings is 2. The highest BCUT2D eigenvalue weighted by molar-refractivity contribution is 5.93. The van der Waals surface area contributed by atoms with Gasteiger partial charge in [0.15, 0.2) is 0 Å². The molecule has 2 aromatic carbocycles. The lowest BCUT2D eigenvalue weighted by Gasteiger charge is -2.20. The third kappa shape index (κ3) is 3.08. The molecule has 8 nitrogen and oxygen atoms in total. The number of rotatable bonds is 4. The van der Waals surface area contributed by atoms with Crippen LogP contribution in [0.1, 0.15) is 12.5 Å². The van der Waals surface area contributed by atoms with Crippen molar-refractivity contribution in [1.29, 1.82) is 0 Å². The van der Waals surface area contributed by atoms with Crippen molar-refractivity contribution in [3.05, 3.63) is 64.6 Å². The number of anilines is 1. The van der Waals surface area contributed by atoms with Gasteiger partial charge in [0.2, 0.25) is 0 Å². The highest BCUT2D eigenvalue weighted by Crippen LogP contribution is 2.25. The minimum absolute atomic E-state index is 0.357. The molecule has 0 radical (unpaired) electrons. The monoisotopic (exact) mass is 353 g/mol. The van der Waals surface area contributed by atoms with Gasteiger partial charge in [0, 0.05) is 18.3 Å². The first-order valence-corrected chi connectivity index (χ1v) is 8.13. The fraction of sp³-hybridized carbons (Fsp3) is 0.222. The molecular formula is C18H19N5O3. The Labute approximate surface area is 150 Å². The number of hydrogen-bond donors (Lipinski definition) is 0. The van der Waals surface area contributed by atoms with Gasteiger partial charge in [-0.3, -0.25) is 4.90 Å². The lowest BCUT2D eigenvalue weighted by atomic mass is 10.2. The first-order chi connectivity index (χ1) is 12.6. The zero-order chi connectivity index (χ0) is 18.7. The third-order valence-electron chi connectivity index (χ3n) is 4.01. The van der Waals surface area contributed by atoms with Gasteiger partial charge in [0.05, 0.1) is 12.8 Å². The van der Waals surface area contributed by atoms with E-state index in [4.69, 9.17) is 4.74 Å². The molecule has 3 rings (SSSR count). The quantitative estimate of drug-likeness (QED) is 0.672. The van der Waals surface area contributed by atoms with Crippen LogP contribution >= 0.6 is 0 Å². The van der Waals surface area contributed by atoms with Crippen molar-refractivity contribution in [3.63, 3.8) is 0 Å². The first kappa shape index (κ1) is 17.4. The topological polar surface area (TPSA) is 82.3 Å². The number of methoxy groups -OCH3 is 1. The summed E-state index contributed by atoms with van der Waals surface area (Å²) in [4.78, 5) is 26.9. The predicted molar refractivity (Wildman–Crippen MR) is 97.2 cm³/mol. The molecule has 1 aromatic heterocycles. The van der Waals surface area contributed by atoms with Crippen LogP contribution in [0, 0.1) is 6.92 Å². The summed E-state index contributed by atoms with van der Waals surface area (Å²) >= 11 is 0. The van der Waals surface area contributed by atoms with Crippen LogP contribution in [0.5, 0.6) is 5.75 Å². The van der Waals surface area contributed by atoms with E-state index in [0.29, 0.717) is 23.7 Å². The highest BCUT2D eigenvalue weighted by Gasteiger charge is 2.22. The fourth-order valence-corrected chi connectivity index (χ4v) is 2.62. The molecule has 3 aromatic rings. The Morgan fingerprint density at radius 2 is 1.88 bits per heavy atom. The molecule has 0 aliphatic heterocycles. The lowest BCUT2D eigenvalue weighted by molar-refractivity contribution is 0.244. The molecule has 0 aliphatic rings. The molecule has 0 spiro atoms. The zero-order valence-corrected chi connectivity index (χ0v) is 14.8. The smallest absolute Gasteiger partial charge is 0.377 e. The van der Waals surface area contributed by atoms with Gasteiger partial charge in [-0.2, -0.15) is 4.68 Å². The van der Waals surface area contributed by atoms with Crippen LogP contribution in [0.2, 0.25) is 0 Å². The van der Waals surface area contributed by atoms with Gasteiger partial charge in [-0.15, -0.1) is 4.68 Å². The molecule has 0 aliphatic carbocycles. The molecule has 0 saturated carbocycles. The summed E-state index contributed by atoms with van der Waals surface area (Å²) < 4.78 is 7.15. The van der Waals surface area contributed by atoms with E-state index in [1.165, 1.54) is 4.90 Å². The number of amides is 1. The third-order valence-corrected chi connectivity index (χ3v) is 4.01. The molecule has 1 amide bonds. The van der Waals surface area contributed by atoms with Crippen LogP contribution in [-0.4, -0.2) is 39.5 Å². The van der Waals surface area contributed by atoms with E-state index in [9.17, 15) is 9.59 Å². The molecule has 8 heteroatoms. The van der Waals surface area contributed by atoms with Crippen molar-refractivity contribution in [2.75, 3.05) is 18.6 Å². The van der Waals surface area contributed by atoms with Crippen LogP contribution in [0.3, 0.4) is 0 Å². The van der Waals surface area contributed by atoms with E-state index in [1.54, 1.807) is 43.5 Å². The van der Waals surface area contributed by atoms with Gasteiger partial charge in [0.1, 0.15) is 5.75 Å². The molecule has 0 fully saturated rings. The summed E-state index contributed by atoms with van der Waals surface area (Å²) in [6.45, 7) is 4.09. The Bertz CT molecular complexity index is 978. The number of hydrogen-bond acceptors (Lipinski definition) is 5. The summed E-state index contributed by atoms with van der Waals surface area (Å²) in [5.41, 5.74) is 1.48. The van der Waals surface area contributed by atoms with Gasteiger partial charge in [0.25, 0.3) is 0 Å². The minimum atomic E-state index is -0.626. The van der Waals surface area contributed by atoms with Crippen LogP contribution in [0.15, 0.2) is 53.3 Å². The Balaban J connectivity index is 1.98. The molecule has 0 saturated heterocycles. The average molecular weight is 353 g/mol. The molecular weight excluding hydrogens is 334 g/mol. The van der Waals surface area contributed by atoms with Crippen molar-refractivity contribution in [1.82, 2.24) is 19.8 Å². The molecule has 1 heterocycles. The van der Waals surface area contributed by atoms with E-state index < -0.39 is 11.7 Å². The number of aromatic nitrogens is 4. The molecule has 0 bridgehead atoms. The number of tetrazole rings is 1. The minimum Gasteiger partial charge on any atom is -0.496 e. The number of para-hydroxylation sites is 1. The Hall–Kier alpha value is -3.42. The number of carbonyl (C=O) groups excluding carboxylic acids is 1. The van der Waals surface area contributed by atoms with Crippen molar-refractivity contribution in [2.45, 2.75) is 13.8 Å². The highest BCUT2D eigenvalue weighted by atomic mass is 16.5.